The molecule has 0 aliphatic carbocycles. The molecule has 0 aliphatic heterocycles. The summed E-state index contributed by atoms with van der Waals surface area (Å²) in [5.74, 6) is -0.0404. The summed E-state index contributed by atoms with van der Waals surface area (Å²) >= 11 is 0. The monoisotopic (exact) mass is 286 g/mol. The number of phenolic OH excluding ortho intramolecular Hbond substituents is 1. The number of nitrogens with one attached hydrogen (secondary N) is 1. The van der Waals surface area contributed by atoms with Crippen molar-refractivity contribution in [1.29, 1.82) is 0 Å². The highest BCUT2D eigenvalue weighted by Gasteiger charge is 2.04. The first-order chi connectivity index (χ1) is 10.2. The third-order valence-corrected chi connectivity index (χ3v) is 3.25. The van der Waals surface area contributed by atoms with Gasteiger partial charge in [0.05, 0.1) is 0 Å². The van der Waals surface area contributed by atoms with Gasteiger partial charge in [-0.15, -0.1) is 10.2 Å². The number of rotatable bonds is 5. The molecule has 0 saturated heterocycles. The van der Waals surface area contributed by atoms with E-state index in [9.17, 15) is 4.39 Å². The van der Waals surface area contributed by atoms with E-state index < -0.39 is 5.82 Å². The first-order valence-electron chi connectivity index (χ1n) is 6.71. The van der Waals surface area contributed by atoms with Gasteiger partial charge in [0.2, 0.25) is 0 Å². The molecular weight excluding hydrogens is 271 g/mol. The number of benzene rings is 1. The number of aromatic nitrogens is 3. The average Bonchev–Trinajstić information content (AvgIpc) is 2.91. The standard InChI is InChI=1S/C15H15FN4O/c16-12-9-11(4-5-13(12)21)10-17-7-6-15-19-18-14-3-1-2-8-20(14)15/h1-5,8-9,17,21H,6-7,10H2. The summed E-state index contributed by atoms with van der Waals surface area (Å²) in [6.45, 7) is 1.24. The lowest BCUT2D eigenvalue weighted by Gasteiger charge is -2.05. The van der Waals surface area contributed by atoms with Gasteiger partial charge < -0.3 is 10.4 Å². The molecule has 0 unspecified atom stereocenters. The van der Waals surface area contributed by atoms with Gasteiger partial charge >= 0.3 is 0 Å². The normalized spacial score (nSPS) is 11.1. The van der Waals surface area contributed by atoms with Gasteiger partial charge in [0.25, 0.3) is 0 Å². The Balaban J connectivity index is 1.55. The summed E-state index contributed by atoms with van der Waals surface area (Å²) in [6.07, 6.45) is 2.66. The van der Waals surface area contributed by atoms with Crippen molar-refractivity contribution in [2.75, 3.05) is 6.54 Å². The van der Waals surface area contributed by atoms with Gasteiger partial charge in [0, 0.05) is 25.7 Å². The van der Waals surface area contributed by atoms with Crippen LogP contribution in [0.15, 0.2) is 42.6 Å². The van der Waals surface area contributed by atoms with Crippen molar-refractivity contribution in [3.63, 3.8) is 0 Å². The van der Waals surface area contributed by atoms with Crippen molar-refractivity contribution in [1.82, 2.24) is 19.9 Å². The molecular formula is C15H15FN4O. The molecule has 1 aromatic carbocycles. The van der Waals surface area contributed by atoms with E-state index in [1.807, 2.05) is 28.8 Å². The number of halogens is 1. The van der Waals surface area contributed by atoms with Crippen LogP contribution in [0.5, 0.6) is 5.75 Å². The molecule has 21 heavy (non-hydrogen) atoms. The van der Waals surface area contributed by atoms with Crippen LogP contribution in [0.2, 0.25) is 0 Å². The van der Waals surface area contributed by atoms with E-state index in [1.54, 1.807) is 6.07 Å². The van der Waals surface area contributed by atoms with Crippen molar-refractivity contribution in [3.8, 4) is 5.75 Å². The van der Waals surface area contributed by atoms with E-state index in [0.717, 1.165) is 23.5 Å². The SMILES string of the molecule is Oc1ccc(CNCCc2nnc3ccccn23)cc1F. The number of pyridine rings is 1. The molecule has 2 heterocycles. The molecule has 2 N–H and O–H groups in total. The lowest BCUT2D eigenvalue weighted by molar-refractivity contribution is 0.431. The second kappa shape index (κ2) is 5.88. The number of phenols is 1. The third-order valence-electron chi connectivity index (χ3n) is 3.25. The van der Waals surface area contributed by atoms with Crippen molar-refractivity contribution < 1.29 is 9.50 Å². The first kappa shape index (κ1) is 13.5. The second-order valence-corrected chi connectivity index (χ2v) is 4.76. The Hall–Kier alpha value is -2.47. The van der Waals surface area contributed by atoms with E-state index in [1.165, 1.54) is 12.1 Å². The molecule has 2 aromatic heterocycles. The fraction of sp³-hybridized carbons (Fsp3) is 0.200. The van der Waals surface area contributed by atoms with E-state index in [-0.39, 0.29) is 5.75 Å². The van der Waals surface area contributed by atoms with Gasteiger partial charge in [-0.3, -0.25) is 4.40 Å². The predicted octanol–water partition coefficient (Wildman–Crippen LogP) is 1.91. The van der Waals surface area contributed by atoms with E-state index in [0.29, 0.717) is 13.1 Å². The molecule has 0 amide bonds. The molecule has 3 aromatic rings. The minimum absolute atomic E-state index is 0.325. The molecule has 0 radical (unpaired) electrons. The molecule has 0 aliphatic rings. The summed E-state index contributed by atoms with van der Waals surface area (Å²) < 4.78 is 15.1. The molecule has 0 fully saturated rings. The fourth-order valence-corrected chi connectivity index (χ4v) is 2.15. The zero-order valence-electron chi connectivity index (χ0n) is 11.3. The van der Waals surface area contributed by atoms with Crippen LogP contribution in [0.1, 0.15) is 11.4 Å². The Labute approximate surface area is 121 Å². The fourth-order valence-electron chi connectivity index (χ4n) is 2.15. The topological polar surface area (TPSA) is 62.5 Å². The molecule has 3 rings (SSSR count). The quantitative estimate of drug-likeness (QED) is 0.703. The average molecular weight is 286 g/mol. The first-order valence-corrected chi connectivity index (χ1v) is 6.71. The van der Waals surface area contributed by atoms with Crippen LogP contribution in [0.4, 0.5) is 4.39 Å². The summed E-state index contributed by atoms with van der Waals surface area (Å²) in [7, 11) is 0. The van der Waals surface area contributed by atoms with Crippen LogP contribution >= 0.6 is 0 Å². The van der Waals surface area contributed by atoms with Gasteiger partial charge in [-0.1, -0.05) is 12.1 Å². The number of nitrogens with zero attached hydrogens (tertiary/aromatic N) is 3. The molecule has 0 saturated carbocycles. The number of fused-ring (bicyclic) bond motifs is 1. The van der Waals surface area contributed by atoms with Crippen molar-refractivity contribution >= 4 is 5.65 Å². The van der Waals surface area contributed by atoms with E-state index in [2.05, 4.69) is 15.5 Å². The molecule has 5 nitrogen and oxygen atoms in total. The maximum atomic E-state index is 13.2. The summed E-state index contributed by atoms with van der Waals surface area (Å²) in [5.41, 5.74) is 1.62. The van der Waals surface area contributed by atoms with Crippen molar-refractivity contribution in [2.45, 2.75) is 13.0 Å². The van der Waals surface area contributed by atoms with E-state index >= 15 is 0 Å². The highest BCUT2D eigenvalue weighted by Crippen LogP contribution is 2.15. The Morgan fingerprint density at radius 1 is 1.19 bits per heavy atom. The number of hydrogen-bond donors (Lipinski definition) is 2. The molecule has 108 valence electrons. The molecule has 0 spiro atoms. The predicted molar refractivity (Wildman–Crippen MR) is 76.5 cm³/mol. The van der Waals surface area contributed by atoms with Gasteiger partial charge in [-0.05, 0) is 29.8 Å². The summed E-state index contributed by atoms with van der Waals surface area (Å²) in [6, 6.07) is 10.1. The van der Waals surface area contributed by atoms with Crippen LogP contribution in [-0.4, -0.2) is 26.2 Å². The Bertz CT molecular complexity index is 756. The minimum atomic E-state index is -0.599. The molecule has 0 atom stereocenters. The lowest BCUT2D eigenvalue weighted by Crippen LogP contribution is -2.17. The number of hydrogen-bond acceptors (Lipinski definition) is 4. The Morgan fingerprint density at radius 3 is 2.95 bits per heavy atom. The summed E-state index contributed by atoms with van der Waals surface area (Å²) in [4.78, 5) is 0. The van der Waals surface area contributed by atoms with Gasteiger partial charge in [-0.2, -0.15) is 0 Å². The van der Waals surface area contributed by atoms with Crippen molar-refractivity contribution in [2.24, 2.45) is 0 Å². The zero-order valence-corrected chi connectivity index (χ0v) is 11.3. The second-order valence-electron chi connectivity index (χ2n) is 4.76. The maximum Gasteiger partial charge on any atom is 0.165 e. The smallest absolute Gasteiger partial charge is 0.165 e. The summed E-state index contributed by atoms with van der Waals surface area (Å²) in [5, 5.41) is 20.6. The highest BCUT2D eigenvalue weighted by atomic mass is 19.1. The third kappa shape index (κ3) is 3.00. The number of aromatic hydroxyl groups is 1. The molecule has 0 bridgehead atoms. The van der Waals surface area contributed by atoms with Crippen LogP contribution in [0.3, 0.4) is 0 Å². The Kier molecular flexibility index (Phi) is 3.79. The maximum absolute atomic E-state index is 13.2. The largest absolute Gasteiger partial charge is 0.505 e. The van der Waals surface area contributed by atoms with Crippen LogP contribution < -0.4 is 5.32 Å². The van der Waals surface area contributed by atoms with Crippen LogP contribution in [-0.2, 0) is 13.0 Å². The van der Waals surface area contributed by atoms with Crippen LogP contribution in [0.25, 0.3) is 5.65 Å². The van der Waals surface area contributed by atoms with E-state index in [4.69, 9.17) is 5.11 Å². The Morgan fingerprint density at radius 2 is 2.10 bits per heavy atom. The minimum Gasteiger partial charge on any atom is -0.505 e. The van der Waals surface area contributed by atoms with Gasteiger partial charge in [0.1, 0.15) is 5.82 Å². The lowest BCUT2D eigenvalue weighted by atomic mass is 10.2. The highest BCUT2D eigenvalue weighted by molar-refractivity contribution is 5.37. The zero-order chi connectivity index (χ0) is 14.7. The molecule has 6 heteroatoms. The van der Waals surface area contributed by atoms with Gasteiger partial charge in [0.15, 0.2) is 17.2 Å². The van der Waals surface area contributed by atoms with Crippen molar-refractivity contribution in [3.05, 3.63) is 59.8 Å². The van der Waals surface area contributed by atoms with Gasteiger partial charge in [-0.25, -0.2) is 4.39 Å². The van der Waals surface area contributed by atoms with Crippen LogP contribution in [0, 0.1) is 5.82 Å².